The molecule has 1 amide bonds. The molecule has 0 spiro atoms. The average Bonchev–Trinajstić information content (AvgIpc) is 2.62. The van der Waals surface area contributed by atoms with Crippen molar-refractivity contribution in [3.05, 3.63) is 51.5 Å². The van der Waals surface area contributed by atoms with E-state index >= 15 is 0 Å². The van der Waals surface area contributed by atoms with Crippen LogP contribution >= 0.6 is 27.5 Å². The highest BCUT2D eigenvalue weighted by Crippen LogP contribution is 2.20. The van der Waals surface area contributed by atoms with Gasteiger partial charge in [0.15, 0.2) is 0 Å². The Bertz CT molecular complexity index is 612. The number of benzene rings is 1. The first kappa shape index (κ1) is 13.1. The molecule has 3 nitrogen and oxygen atoms in total. The van der Waals surface area contributed by atoms with Gasteiger partial charge in [-0.05, 0) is 24.3 Å². The number of halogens is 3. The van der Waals surface area contributed by atoms with Gasteiger partial charge in [0.1, 0.15) is 11.5 Å². The summed E-state index contributed by atoms with van der Waals surface area (Å²) in [6, 6.07) is 5.94. The second-order valence-electron chi connectivity index (χ2n) is 3.73. The summed E-state index contributed by atoms with van der Waals surface area (Å²) >= 11 is 8.93. The third-order valence-corrected chi connectivity index (χ3v) is 3.08. The first-order chi connectivity index (χ1) is 8.47. The molecule has 0 aliphatic rings. The Morgan fingerprint density at radius 1 is 1.44 bits per heavy atom. The zero-order chi connectivity index (χ0) is 13.3. The molecular weight excluding hydrogens is 322 g/mol. The molecule has 2 rings (SSSR count). The predicted molar refractivity (Wildman–Crippen MR) is 72.5 cm³/mol. The smallest absolute Gasteiger partial charge is 0.272 e. The second-order valence-corrected chi connectivity index (χ2v) is 5.08. The number of anilines is 1. The number of nitrogens with one attached hydrogen (secondary N) is 1. The van der Waals surface area contributed by atoms with E-state index in [1.54, 1.807) is 23.9 Å². The van der Waals surface area contributed by atoms with Crippen LogP contribution in [0.3, 0.4) is 0 Å². The second kappa shape index (κ2) is 5.12. The van der Waals surface area contributed by atoms with E-state index in [-0.39, 0.29) is 5.69 Å². The maximum Gasteiger partial charge on any atom is 0.272 e. The van der Waals surface area contributed by atoms with Crippen molar-refractivity contribution in [2.45, 2.75) is 0 Å². The molecule has 0 fully saturated rings. The van der Waals surface area contributed by atoms with Crippen molar-refractivity contribution in [1.82, 2.24) is 4.57 Å². The Balaban J connectivity index is 2.24. The lowest BCUT2D eigenvalue weighted by Crippen LogP contribution is -2.16. The number of nitrogens with zero attached hydrogens (tertiary/aromatic N) is 1. The molecule has 0 radical (unpaired) electrons. The van der Waals surface area contributed by atoms with Crippen LogP contribution in [0.4, 0.5) is 10.1 Å². The van der Waals surface area contributed by atoms with E-state index < -0.39 is 11.7 Å². The summed E-state index contributed by atoms with van der Waals surface area (Å²) < 4.78 is 15.7. The zero-order valence-electron chi connectivity index (χ0n) is 9.38. The number of rotatable bonds is 2. The highest BCUT2D eigenvalue weighted by Gasteiger charge is 2.13. The maximum absolute atomic E-state index is 13.6. The number of aromatic nitrogens is 1. The van der Waals surface area contributed by atoms with Crippen LogP contribution in [0.25, 0.3) is 0 Å². The summed E-state index contributed by atoms with van der Waals surface area (Å²) in [5, 5.41) is 2.95. The van der Waals surface area contributed by atoms with Gasteiger partial charge < -0.3 is 9.88 Å². The van der Waals surface area contributed by atoms with Gasteiger partial charge in [-0.1, -0.05) is 27.5 Å². The van der Waals surface area contributed by atoms with Gasteiger partial charge in [0.05, 0.1) is 10.7 Å². The summed E-state index contributed by atoms with van der Waals surface area (Å²) in [7, 11) is 1.69. The fourth-order valence-corrected chi connectivity index (χ4v) is 2.11. The Kier molecular flexibility index (Phi) is 3.73. The van der Waals surface area contributed by atoms with Crippen molar-refractivity contribution in [3.63, 3.8) is 0 Å². The molecule has 0 aliphatic heterocycles. The fraction of sp³-hybridized carbons (Fsp3) is 0.0833. The topological polar surface area (TPSA) is 34.0 Å². The van der Waals surface area contributed by atoms with E-state index in [9.17, 15) is 9.18 Å². The van der Waals surface area contributed by atoms with Crippen molar-refractivity contribution in [3.8, 4) is 0 Å². The van der Waals surface area contributed by atoms with E-state index in [2.05, 4.69) is 21.2 Å². The first-order valence-electron chi connectivity index (χ1n) is 5.05. The van der Waals surface area contributed by atoms with Crippen LogP contribution in [0.1, 0.15) is 10.5 Å². The largest absolute Gasteiger partial charge is 0.345 e. The number of carbonyl (C=O) groups is 1. The molecule has 6 heteroatoms. The van der Waals surface area contributed by atoms with E-state index in [1.165, 1.54) is 18.2 Å². The number of amides is 1. The molecule has 18 heavy (non-hydrogen) atoms. The van der Waals surface area contributed by atoms with Crippen molar-refractivity contribution in [1.29, 1.82) is 0 Å². The third kappa shape index (κ3) is 2.73. The Hall–Kier alpha value is -1.33. The molecule has 1 aromatic carbocycles. The molecule has 0 saturated carbocycles. The third-order valence-electron chi connectivity index (χ3n) is 2.38. The van der Waals surface area contributed by atoms with E-state index in [0.717, 1.165) is 0 Å². The maximum atomic E-state index is 13.6. The average molecular weight is 332 g/mol. The normalized spacial score (nSPS) is 10.4. The summed E-state index contributed by atoms with van der Waals surface area (Å²) in [4.78, 5) is 11.9. The van der Waals surface area contributed by atoms with Crippen molar-refractivity contribution in [2.75, 3.05) is 5.32 Å². The highest BCUT2D eigenvalue weighted by molar-refractivity contribution is 9.10. The van der Waals surface area contributed by atoms with Crippen LogP contribution in [-0.4, -0.2) is 10.5 Å². The monoisotopic (exact) mass is 330 g/mol. The van der Waals surface area contributed by atoms with E-state index in [0.29, 0.717) is 15.2 Å². The lowest BCUT2D eigenvalue weighted by atomic mass is 10.3. The minimum atomic E-state index is -0.502. The molecule has 1 heterocycles. The molecule has 2 aromatic rings. The predicted octanol–water partition coefficient (Wildman–Crippen LogP) is 3.83. The summed E-state index contributed by atoms with van der Waals surface area (Å²) in [5.41, 5.74) is 0.489. The minimum absolute atomic E-state index is 0.125. The van der Waals surface area contributed by atoms with E-state index in [1.807, 2.05) is 0 Å². The standard InChI is InChI=1S/C12H9BrClFN2O/c1-17-6-8(14)5-11(17)12(18)16-10-3-2-7(13)4-9(10)15/h2-6H,1H3,(H,16,18). The molecule has 94 valence electrons. The van der Waals surface area contributed by atoms with Crippen LogP contribution in [-0.2, 0) is 7.05 Å². The van der Waals surface area contributed by atoms with Gasteiger partial charge in [-0.25, -0.2) is 4.39 Å². The van der Waals surface area contributed by atoms with Gasteiger partial charge in [-0.15, -0.1) is 0 Å². The van der Waals surface area contributed by atoms with Crippen LogP contribution < -0.4 is 5.32 Å². The molecule has 0 saturated heterocycles. The molecule has 0 atom stereocenters. The molecular formula is C12H9BrClFN2O. The summed E-state index contributed by atoms with van der Waals surface area (Å²) in [6.07, 6.45) is 1.61. The Morgan fingerprint density at radius 3 is 2.72 bits per heavy atom. The van der Waals surface area contributed by atoms with Gasteiger partial charge in [-0.2, -0.15) is 0 Å². The van der Waals surface area contributed by atoms with Crippen molar-refractivity contribution >= 4 is 39.1 Å². The quantitative estimate of drug-likeness (QED) is 0.891. The van der Waals surface area contributed by atoms with Gasteiger partial charge in [0.2, 0.25) is 0 Å². The molecule has 1 aromatic heterocycles. The SMILES string of the molecule is Cn1cc(Cl)cc1C(=O)Nc1ccc(Br)cc1F. The minimum Gasteiger partial charge on any atom is -0.345 e. The lowest BCUT2D eigenvalue weighted by molar-refractivity contribution is 0.101. The van der Waals surface area contributed by atoms with Crippen molar-refractivity contribution in [2.24, 2.45) is 7.05 Å². The highest BCUT2D eigenvalue weighted by atomic mass is 79.9. The fourth-order valence-electron chi connectivity index (χ4n) is 1.53. The zero-order valence-corrected chi connectivity index (χ0v) is 11.7. The number of hydrogen-bond acceptors (Lipinski definition) is 1. The molecule has 0 bridgehead atoms. The van der Waals surface area contributed by atoms with Gasteiger partial charge >= 0.3 is 0 Å². The van der Waals surface area contributed by atoms with Crippen LogP contribution in [0.15, 0.2) is 34.9 Å². The van der Waals surface area contributed by atoms with Crippen LogP contribution in [0, 0.1) is 5.82 Å². The molecule has 0 unspecified atom stereocenters. The number of aryl methyl sites for hydroxylation is 1. The summed E-state index contributed by atoms with van der Waals surface area (Å²) in [6.45, 7) is 0. The van der Waals surface area contributed by atoms with E-state index in [4.69, 9.17) is 11.6 Å². The van der Waals surface area contributed by atoms with Gasteiger partial charge in [0, 0.05) is 17.7 Å². The van der Waals surface area contributed by atoms with Crippen molar-refractivity contribution < 1.29 is 9.18 Å². The first-order valence-corrected chi connectivity index (χ1v) is 6.23. The number of hydrogen-bond donors (Lipinski definition) is 1. The lowest BCUT2D eigenvalue weighted by Gasteiger charge is -2.07. The van der Waals surface area contributed by atoms with Crippen LogP contribution in [0.2, 0.25) is 5.02 Å². The summed E-state index contributed by atoms with van der Waals surface area (Å²) in [5.74, 6) is -0.913. The molecule has 0 aliphatic carbocycles. The Morgan fingerprint density at radius 2 is 2.17 bits per heavy atom. The van der Waals surface area contributed by atoms with Gasteiger partial charge in [0.25, 0.3) is 5.91 Å². The van der Waals surface area contributed by atoms with Gasteiger partial charge in [-0.3, -0.25) is 4.79 Å². The van der Waals surface area contributed by atoms with Crippen LogP contribution in [0.5, 0.6) is 0 Å². The number of carbonyl (C=O) groups excluding carboxylic acids is 1. The Labute approximate surface area is 117 Å². The molecule has 1 N–H and O–H groups in total.